The van der Waals surface area contributed by atoms with Crippen molar-refractivity contribution in [3.8, 4) is 0 Å². The quantitative estimate of drug-likeness (QED) is 0.430. The predicted molar refractivity (Wildman–Crippen MR) is 145 cm³/mol. The fourth-order valence-corrected chi connectivity index (χ4v) is 5.59. The molecule has 1 aliphatic rings. The summed E-state index contributed by atoms with van der Waals surface area (Å²) in [6, 6.07) is 9.70. The first-order chi connectivity index (χ1) is 17.3. The molecule has 0 saturated carbocycles. The van der Waals surface area contributed by atoms with Gasteiger partial charge in [-0.3, -0.25) is 0 Å². The first-order valence-electron chi connectivity index (χ1n) is 11.8. The van der Waals surface area contributed by atoms with Crippen LogP contribution < -0.4 is 5.32 Å². The van der Waals surface area contributed by atoms with Crippen LogP contribution in [0.3, 0.4) is 0 Å². The molecule has 3 heterocycles. The van der Waals surface area contributed by atoms with Crippen LogP contribution in [-0.2, 0) is 14.8 Å². The number of aromatic nitrogens is 2. The molecule has 0 atom stereocenters. The molecule has 1 fully saturated rings. The van der Waals surface area contributed by atoms with Crippen LogP contribution in [0.4, 0.5) is 4.79 Å². The van der Waals surface area contributed by atoms with Crippen molar-refractivity contribution in [2.75, 3.05) is 13.1 Å². The molecule has 2 N–H and O–H groups in total. The third kappa shape index (κ3) is 5.50. The average molecular weight is 544 g/mol. The lowest BCUT2D eigenvalue weighted by Crippen LogP contribution is -2.59. The number of halogens is 1. The first kappa shape index (κ1) is 26.7. The van der Waals surface area contributed by atoms with Gasteiger partial charge < -0.3 is 20.4 Å². The highest BCUT2D eigenvalue weighted by Crippen LogP contribution is 2.32. The number of hydrogen-bond donors (Lipinski definition) is 2. The van der Waals surface area contributed by atoms with Crippen molar-refractivity contribution < 1.29 is 17.9 Å². The summed E-state index contributed by atoms with van der Waals surface area (Å²) >= 11 is 6.41. The largest absolute Gasteiger partial charge is 0.444 e. The van der Waals surface area contributed by atoms with E-state index in [1.165, 1.54) is 6.20 Å². The van der Waals surface area contributed by atoms with Crippen molar-refractivity contribution in [2.24, 2.45) is 0 Å². The van der Waals surface area contributed by atoms with E-state index in [1.54, 1.807) is 54.4 Å². The number of nitrogens with zero attached hydrogens (tertiary/aromatic N) is 3. The number of carbonyl (C=O) groups is 1. The lowest BCUT2D eigenvalue weighted by atomic mass is 10.1. The van der Waals surface area contributed by atoms with Crippen molar-refractivity contribution in [3.05, 3.63) is 65.1 Å². The Morgan fingerprint density at radius 1 is 1.22 bits per heavy atom. The van der Waals surface area contributed by atoms with Crippen LogP contribution in [0.5, 0.6) is 0 Å². The van der Waals surface area contributed by atoms with E-state index in [0.29, 0.717) is 29.1 Å². The molecule has 1 saturated heterocycles. The molecule has 9 nitrogen and oxygen atoms in total. The van der Waals surface area contributed by atoms with E-state index in [2.05, 4.69) is 10.3 Å². The molecular formula is C26H30ClN5O4S. The summed E-state index contributed by atoms with van der Waals surface area (Å²) in [5.41, 5.74) is 1.30. The van der Waals surface area contributed by atoms with Gasteiger partial charge in [0.25, 0.3) is 10.0 Å². The van der Waals surface area contributed by atoms with Gasteiger partial charge in [-0.15, -0.1) is 0 Å². The van der Waals surface area contributed by atoms with Crippen LogP contribution in [0, 0.1) is 12.3 Å². The standard InChI is InChI=1S/C26H30ClN5O4S/c1-16-6-8-19(9-7-16)37(34,35)32-23(12-20-22(27)10-11-29-24(20)32)21(17(2)28)13-30-18-14-31(15-18)25(33)36-26(3,4)5/h6-13,18,28,30H,14-15H2,1-5H3/b21-13+,28-17?. The number of allylic oxidation sites excluding steroid dienone is 1. The van der Waals surface area contributed by atoms with Gasteiger partial charge in [0.15, 0.2) is 5.65 Å². The van der Waals surface area contributed by atoms with Gasteiger partial charge in [0.05, 0.1) is 21.7 Å². The van der Waals surface area contributed by atoms with Gasteiger partial charge in [-0.1, -0.05) is 29.3 Å². The van der Waals surface area contributed by atoms with Gasteiger partial charge in [-0.25, -0.2) is 22.2 Å². The molecule has 196 valence electrons. The Balaban J connectivity index is 1.70. The number of benzene rings is 1. The monoisotopic (exact) mass is 543 g/mol. The van der Waals surface area contributed by atoms with Crippen LogP contribution in [0.1, 0.15) is 39.0 Å². The number of nitrogens with one attached hydrogen (secondary N) is 2. The molecule has 4 rings (SSSR count). The van der Waals surface area contributed by atoms with E-state index in [4.69, 9.17) is 21.7 Å². The maximum atomic E-state index is 13.8. The zero-order valence-corrected chi connectivity index (χ0v) is 22.9. The number of aryl methyl sites for hydroxylation is 1. The molecule has 0 aliphatic carbocycles. The third-order valence-electron chi connectivity index (χ3n) is 5.84. The molecule has 1 aromatic carbocycles. The maximum absolute atomic E-state index is 13.8. The van der Waals surface area contributed by atoms with E-state index in [0.717, 1.165) is 9.54 Å². The summed E-state index contributed by atoms with van der Waals surface area (Å²) in [5, 5.41) is 12.5. The summed E-state index contributed by atoms with van der Waals surface area (Å²) in [6.07, 6.45) is 2.68. The molecule has 11 heteroatoms. The van der Waals surface area contributed by atoms with Crippen molar-refractivity contribution in [2.45, 2.75) is 51.2 Å². The molecule has 0 radical (unpaired) electrons. The number of hydrogen-bond acceptors (Lipinski definition) is 7. The lowest BCUT2D eigenvalue weighted by molar-refractivity contribution is 0.00661. The van der Waals surface area contributed by atoms with E-state index < -0.39 is 15.6 Å². The van der Waals surface area contributed by atoms with E-state index in [1.807, 2.05) is 27.7 Å². The van der Waals surface area contributed by atoms with Gasteiger partial charge in [-0.05, 0) is 58.9 Å². The summed E-state index contributed by atoms with van der Waals surface area (Å²) in [6.45, 7) is 9.75. The highest BCUT2D eigenvalue weighted by molar-refractivity contribution is 7.90. The van der Waals surface area contributed by atoms with Gasteiger partial charge >= 0.3 is 6.09 Å². The molecule has 1 aliphatic heterocycles. The number of amides is 1. The van der Waals surface area contributed by atoms with Crippen LogP contribution in [0.25, 0.3) is 16.6 Å². The minimum absolute atomic E-state index is 0.0740. The van der Waals surface area contributed by atoms with Gasteiger partial charge in [0.1, 0.15) is 5.60 Å². The number of rotatable bonds is 6. The van der Waals surface area contributed by atoms with Crippen molar-refractivity contribution in [1.82, 2.24) is 19.2 Å². The Bertz CT molecular complexity index is 1500. The molecule has 0 spiro atoms. The van der Waals surface area contributed by atoms with E-state index in [-0.39, 0.29) is 34.1 Å². The van der Waals surface area contributed by atoms with E-state index in [9.17, 15) is 13.2 Å². The summed E-state index contributed by atoms with van der Waals surface area (Å²) in [5.74, 6) is 0. The maximum Gasteiger partial charge on any atom is 0.410 e. The van der Waals surface area contributed by atoms with Crippen LogP contribution in [0.15, 0.2) is 53.7 Å². The third-order valence-corrected chi connectivity index (χ3v) is 7.89. The Kier molecular flexibility index (Phi) is 7.09. The van der Waals surface area contributed by atoms with Crippen molar-refractivity contribution in [1.29, 1.82) is 5.41 Å². The minimum Gasteiger partial charge on any atom is -0.444 e. The average Bonchev–Trinajstić information content (AvgIpc) is 3.15. The van der Waals surface area contributed by atoms with Gasteiger partial charge in [-0.2, -0.15) is 0 Å². The highest BCUT2D eigenvalue weighted by atomic mass is 35.5. The Labute approximate surface area is 221 Å². The number of likely N-dealkylation sites (tertiary alicyclic amines) is 1. The lowest BCUT2D eigenvalue weighted by Gasteiger charge is -2.39. The zero-order valence-electron chi connectivity index (χ0n) is 21.4. The van der Waals surface area contributed by atoms with Crippen molar-refractivity contribution in [3.63, 3.8) is 0 Å². The predicted octanol–water partition coefficient (Wildman–Crippen LogP) is 4.82. The van der Waals surface area contributed by atoms with Gasteiger partial charge in [0.2, 0.25) is 0 Å². The second-order valence-electron chi connectivity index (χ2n) is 10.1. The zero-order chi connectivity index (χ0) is 27.1. The van der Waals surface area contributed by atoms with E-state index >= 15 is 0 Å². The second-order valence-corrected chi connectivity index (χ2v) is 12.3. The smallest absolute Gasteiger partial charge is 0.410 e. The molecular weight excluding hydrogens is 514 g/mol. The normalized spacial score (nSPS) is 15.0. The second kappa shape index (κ2) is 9.83. The number of carbonyl (C=O) groups excluding carboxylic acids is 1. The molecule has 3 aromatic rings. The fourth-order valence-electron chi connectivity index (χ4n) is 3.93. The fraction of sp³-hybridized carbons (Fsp3) is 0.346. The summed E-state index contributed by atoms with van der Waals surface area (Å²) in [7, 11) is -4.07. The summed E-state index contributed by atoms with van der Waals surface area (Å²) in [4.78, 5) is 18.2. The minimum atomic E-state index is -4.07. The first-order valence-corrected chi connectivity index (χ1v) is 13.6. The van der Waals surface area contributed by atoms with Crippen LogP contribution in [-0.4, -0.2) is 58.8 Å². The number of fused-ring (bicyclic) bond motifs is 1. The summed E-state index contributed by atoms with van der Waals surface area (Å²) < 4.78 is 34.2. The Morgan fingerprint density at radius 3 is 2.46 bits per heavy atom. The molecule has 1 amide bonds. The molecule has 37 heavy (non-hydrogen) atoms. The Hall–Kier alpha value is -3.37. The number of ether oxygens (including phenoxy) is 1. The topological polar surface area (TPSA) is 117 Å². The molecule has 2 aromatic heterocycles. The van der Waals surface area contributed by atoms with Crippen molar-refractivity contribution >= 4 is 50.0 Å². The van der Waals surface area contributed by atoms with Gasteiger partial charge in [0, 0.05) is 42.2 Å². The molecule has 0 bridgehead atoms. The number of pyridine rings is 1. The Morgan fingerprint density at radius 2 is 1.86 bits per heavy atom. The highest BCUT2D eigenvalue weighted by Gasteiger charge is 2.33. The molecule has 0 unspecified atom stereocenters. The van der Waals surface area contributed by atoms with Crippen LogP contribution >= 0.6 is 11.6 Å². The van der Waals surface area contributed by atoms with Crippen LogP contribution in [0.2, 0.25) is 5.02 Å². The SMILES string of the molecule is CC(=N)/C(=C\NC1CN(C(=O)OC(C)(C)C)C1)c1cc2c(Cl)ccnc2n1S(=O)(=O)c1ccc(C)cc1.